The number of benzene rings is 1. The highest BCUT2D eigenvalue weighted by Gasteiger charge is 2.36. The van der Waals surface area contributed by atoms with Gasteiger partial charge in [0.05, 0.1) is 0 Å². The molecule has 3 nitrogen and oxygen atoms in total. The average molecular weight is 246 g/mol. The fraction of sp³-hybridized carbons (Fsp3) is 0.533. The fourth-order valence-corrected chi connectivity index (χ4v) is 3.23. The standard InChI is InChI=1S/C15H20N2O.H2/c18-15-8-4-7-14-13(16-15)9-10-17(14)11-12-5-2-1-3-6-12;/h1-3,5-6,13-14H,4,7-11H2,(H,16,18);1H/t13-,14+;/m1./s1. The summed E-state index contributed by atoms with van der Waals surface area (Å²) in [6.45, 7) is 2.11. The minimum absolute atomic E-state index is 0. The molecule has 18 heavy (non-hydrogen) atoms. The number of nitrogens with zero attached hydrogens (tertiary/aromatic N) is 1. The summed E-state index contributed by atoms with van der Waals surface area (Å²) >= 11 is 0. The predicted molar refractivity (Wildman–Crippen MR) is 73.2 cm³/mol. The third-order valence-corrected chi connectivity index (χ3v) is 4.14. The third kappa shape index (κ3) is 2.41. The zero-order chi connectivity index (χ0) is 12.4. The van der Waals surface area contributed by atoms with Gasteiger partial charge in [0.2, 0.25) is 5.91 Å². The van der Waals surface area contributed by atoms with Gasteiger partial charge in [-0.05, 0) is 24.8 Å². The molecule has 1 aromatic rings. The molecule has 2 atom stereocenters. The molecule has 2 aliphatic heterocycles. The summed E-state index contributed by atoms with van der Waals surface area (Å²) in [7, 11) is 0. The average Bonchev–Trinajstić information content (AvgIpc) is 2.64. The molecule has 0 saturated carbocycles. The number of fused-ring (bicyclic) bond motifs is 1. The lowest BCUT2D eigenvalue weighted by Gasteiger charge is -2.26. The topological polar surface area (TPSA) is 32.3 Å². The number of hydrogen-bond acceptors (Lipinski definition) is 2. The molecule has 1 aromatic carbocycles. The van der Waals surface area contributed by atoms with Crippen LogP contribution in [0.2, 0.25) is 0 Å². The first-order valence-electron chi connectivity index (χ1n) is 6.90. The van der Waals surface area contributed by atoms with Crippen molar-refractivity contribution in [3.05, 3.63) is 35.9 Å². The van der Waals surface area contributed by atoms with Gasteiger partial charge >= 0.3 is 0 Å². The first-order valence-corrected chi connectivity index (χ1v) is 6.90. The summed E-state index contributed by atoms with van der Waals surface area (Å²) in [6, 6.07) is 11.5. The molecule has 2 aliphatic rings. The molecule has 0 bridgehead atoms. The Balaban J connectivity index is 0.00000133. The Labute approximate surface area is 110 Å². The summed E-state index contributed by atoms with van der Waals surface area (Å²) in [6.07, 6.45) is 3.98. The molecular formula is C15H22N2O. The van der Waals surface area contributed by atoms with Gasteiger partial charge < -0.3 is 5.32 Å². The van der Waals surface area contributed by atoms with Crippen LogP contribution >= 0.6 is 0 Å². The van der Waals surface area contributed by atoms with Crippen molar-refractivity contribution in [2.24, 2.45) is 0 Å². The largest absolute Gasteiger partial charge is 0.352 e. The molecule has 2 fully saturated rings. The maximum atomic E-state index is 11.6. The molecule has 0 aliphatic carbocycles. The summed E-state index contributed by atoms with van der Waals surface area (Å²) < 4.78 is 0. The van der Waals surface area contributed by atoms with E-state index in [2.05, 4.69) is 40.5 Å². The molecule has 1 amide bonds. The van der Waals surface area contributed by atoms with Gasteiger partial charge in [-0.1, -0.05) is 30.3 Å². The van der Waals surface area contributed by atoms with E-state index in [1.54, 1.807) is 0 Å². The van der Waals surface area contributed by atoms with Crippen molar-refractivity contribution in [2.45, 2.75) is 44.3 Å². The molecule has 3 rings (SSSR count). The predicted octanol–water partition coefficient (Wildman–Crippen LogP) is 2.18. The van der Waals surface area contributed by atoms with Gasteiger partial charge in [0.1, 0.15) is 0 Å². The van der Waals surface area contributed by atoms with E-state index in [0.29, 0.717) is 18.5 Å². The van der Waals surface area contributed by atoms with Gasteiger partial charge in [0.25, 0.3) is 0 Å². The van der Waals surface area contributed by atoms with Crippen molar-refractivity contribution in [3.8, 4) is 0 Å². The van der Waals surface area contributed by atoms with E-state index in [-0.39, 0.29) is 7.33 Å². The second-order valence-corrected chi connectivity index (χ2v) is 5.38. The van der Waals surface area contributed by atoms with Gasteiger partial charge in [0, 0.05) is 33.0 Å². The van der Waals surface area contributed by atoms with E-state index in [1.807, 2.05) is 0 Å². The summed E-state index contributed by atoms with van der Waals surface area (Å²) in [5, 5.41) is 3.18. The molecule has 2 heterocycles. The van der Waals surface area contributed by atoms with Gasteiger partial charge in [-0.2, -0.15) is 0 Å². The monoisotopic (exact) mass is 246 g/mol. The number of carbonyl (C=O) groups excluding carboxylic acids is 1. The van der Waals surface area contributed by atoms with E-state index >= 15 is 0 Å². The molecular weight excluding hydrogens is 224 g/mol. The Morgan fingerprint density at radius 2 is 2.11 bits per heavy atom. The number of likely N-dealkylation sites (tertiary alicyclic amines) is 1. The van der Waals surface area contributed by atoms with Crippen LogP contribution in [0.15, 0.2) is 30.3 Å². The van der Waals surface area contributed by atoms with Crippen molar-refractivity contribution < 1.29 is 6.22 Å². The second-order valence-electron chi connectivity index (χ2n) is 5.38. The minimum atomic E-state index is 0. The van der Waals surface area contributed by atoms with Gasteiger partial charge in [-0.15, -0.1) is 0 Å². The first-order chi connectivity index (χ1) is 8.83. The molecule has 0 radical (unpaired) electrons. The highest BCUT2D eigenvalue weighted by Crippen LogP contribution is 2.26. The highest BCUT2D eigenvalue weighted by molar-refractivity contribution is 5.76. The fourth-order valence-electron chi connectivity index (χ4n) is 3.23. The minimum Gasteiger partial charge on any atom is -0.352 e. The number of hydrogen-bond donors (Lipinski definition) is 1. The van der Waals surface area contributed by atoms with Crippen LogP contribution in [0.3, 0.4) is 0 Å². The molecule has 0 unspecified atom stereocenters. The molecule has 3 heteroatoms. The normalized spacial score (nSPS) is 28.6. The molecule has 2 saturated heterocycles. The van der Waals surface area contributed by atoms with Crippen LogP contribution in [0.25, 0.3) is 0 Å². The van der Waals surface area contributed by atoms with Crippen LogP contribution in [0, 0.1) is 0 Å². The SMILES string of the molecule is O=C1CCC[C@H]2[C@@H](CCN2Cc2ccccc2)N1.[HH]. The van der Waals surface area contributed by atoms with Crippen LogP contribution < -0.4 is 5.32 Å². The zero-order valence-corrected chi connectivity index (χ0v) is 10.6. The molecule has 0 spiro atoms. The second kappa shape index (κ2) is 5.11. The Bertz CT molecular complexity index is 423. The van der Waals surface area contributed by atoms with Gasteiger partial charge in [0.15, 0.2) is 0 Å². The van der Waals surface area contributed by atoms with Crippen LogP contribution in [0.5, 0.6) is 0 Å². The summed E-state index contributed by atoms with van der Waals surface area (Å²) in [4.78, 5) is 14.1. The zero-order valence-electron chi connectivity index (χ0n) is 10.6. The smallest absolute Gasteiger partial charge is 0.220 e. The van der Waals surface area contributed by atoms with Crippen LogP contribution in [0.4, 0.5) is 0 Å². The van der Waals surface area contributed by atoms with Crippen molar-refractivity contribution in [3.63, 3.8) is 0 Å². The van der Waals surface area contributed by atoms with E-state index in [9.17, 15) is 4.79 Å². The van der Waals surface area contributed by atoms with Crippen molar-refractivity contribution in [1.29, 1.82) is 0 Å². The van der Waals surface area contributed by atoms with E-state index in [1.165, 1.54) is 5.56 Å². The third-order valence-electron chi connectivity index (χ3n) is 4.14. The number of nitrogens with one attached hydrogen (secondary N) is 1. The van der Waals surface area contributed by atoms with E-state index in [0.717, 1.165) is 32.4 Å². The Morgan fingerprint density at radius 3 is 2.94 bits per heavy atom. The van der Waals surface area contributed by atoms with Gasteiger partial charge in [-0.3, -0.25) is 9.69 Å². The van der Waals surface area contributed by atoms with E-state index < -0.39 is 0 Å². The lowest BCUT2D eigenvalue weighted by molar-refractivity contribution is -0.121. The molecule has 98 valence electrons. The van der Waals surface area contributed by atoms with Crippen molar-refractivity contribution >= 4 is 5.91 Å². The van der Waals surface area contributed by atoms with Crippen LogP contribution in [-0.4, -0.2) is 29.4 Å². The Hall–Kier alpha value is -1.35. The van der Waals surface area contributed by atoms with Crippen LogP contribution in [0.1, 0.15) is 32.7 Å². The van der Waals surface area contributed by atoms with Crippen molar-refractivity contribution in [1.82, 2.24) is 10.2 Å². The highest BCUT2D eigenvalue weighted by atomic mass is 16.1. The lowest BCUT2D eigenvalue weighted by Crippen LogP contribution is -2.42. The number of carbonyl (C=O) groups is 1. The summed E-state index contributed by atoms with van der Waals surface area (Å²) in [5.41, 5.74) is 1.37. The number of amides is 1. The maximum Gasteiger partial charge on any atom is 0.220 e. The quantitative estimate of drug-likeness (QED) is 0.867. The lowest BCUT2D eigenvalue weighted by atomic mass is 10.0. The Kier molecular flexibility index (Phi) is 3.33. The van der Waals surface area contributed by atoms with Crippen LogP contribution in [-0.2, 0) is 11.3 Å². The number of rotatable bonds is 2. The van der Waals surface area contributed by atoms with E-state index in [4.69, 9.17) is 0 Å². The molecule has 0 aromatic heterocycles. The summed E-state index contributed by atoms with van der Waals surface area (Å²) in [5.74, 6) is 0.240. The molecule has 1 N–H and O–H groups in total. The first kappa shape index (κ1) is 11.7. The Morgan fingerprint density at radius 1 is 1.28 bits per heavy atom. The van der Waals surface area contributed by atoms with Gasteiger partial charge in [-0.25, -0.2) is 0 Å². The maximum absolute atomic E-state index is 11.6. The van der Waals surface area contributed by atoms with Crippen molar-refractivity contribution in [2.75, 3.05) is 6.54 Å².